The van der Waals surface area contributed by atoms with Crippen molar-refractivity contribution in [3.05, 3.63) is 24.6 Å². The molecule has 0 aromatic heterocycles. The second-order valence-corrected chi connectivity index (χ2v) is 1.28. The summed E-state index contributed by atoms with van der Waals surface area (Å²) in [6.45, 7) is 0. The number of hydrogen-bond acceptors (Lipinski definition) is 2. The molecule has 1 rings (SSSR count). The van der Waals surface area contributed by atoms with E-state index >= 15 is 0 Å². The Kier molecular flexibility index (Phi) is 1.80. The van der Waals surface area contributed by atoms with E-state index in [1.54, 1.807) is 24.8 Å². The van der Waals surface area contributed by atoms with Gasteiger partial charge in [-0.25, -0.2) is 0 Å². The molecule has 0 spiro atoms. The first-order chi connectivity index (χ1) is 4.00. The first-order valence-electron chi connectivity index (χ1n) is 2.37. The van der Waals surface area contributed by atoms with Crippen LogP contribution in [0.5, 0.6) is 0 Å². The summed E-state index contributed by atoms with van der Waals surface area (Å²) in [7, 11) is 0. The third-order valence-electron chi connectivity index (χ3n) is 0.694. The summed E-state index contributed by atoms with van der Waals surface area (Å²) >= 11 is 0. The summed E-state index contributed by atoms with van der Waals surface area (Å²) in [5.41, 5.74) is 0. The summed E-state index contributed by atoms with van der Waals surface area (Å²) in [5, 5.41) is 0. The molecule has 1 heterocycles. The number of allylic oxidation sites excluding steroid dienone is 2. The fourth-order valence-electron chi connectivity index (χ4n) is 0.375. The summed E-state index contributed by atoms with van der Waals surface area (Å²) < 4.78 is 0. The van der Waals surface area contributed by atoms with Crippen molar-refractivity contribution in [2.45, 2.75) is 0 Å². The predicted molar refractivity (Wildman–Crippen MR) is 35.3 cm³/mol. The van der Waals surface area contributed by atoms with Gasteiger partial charge >= 0.3 is 0 Å². The SMILES string of the molecule is C1=N/C=C\C=C/N=C1. The van der Waals surface area contributed by atoms with Gasteiger partial charge in [0.15, 0.2) is 0 Å². The third kappa shape index (κ3) is 1.51. The maximum absolute atomic E-state index is 3.82. The molecule has 0 atom stereocenters. The van der Waals surface area contributed by atoms with Gasteiger partial charge in [-0.1, -0.05) is 0 Å². The molecule has 0 radical (unpaired) electrons. The van der Waals surface area contributed by atoms with Crippen molar-refractivity contribution in [2.24, 2.45) is 9.98 Å². The Hall–Kier alpha value is -1.18. The van der Waals surface area contributed by atoms with Gasteiger partial charge in [-0.2, -0.15) is 0 Å². The van der Waals surface area contributed by atoms with Crippen LogP contribution in [-0.2, 0) is 0 Å². The lowest BCUT2D eigenvalue weighted by molar-refractivity contribution is 1.54. The van der Waals surface area contributed by atoms with Gasteiger partial charge in [0.1, 0.15) is 0 Å². The normalized spacial score (nSPS) is 24.0. The van der Waals surface area contributed by atoms with Gasteiger partial charge in [-0.3, -0.25) is 9.98 Å². The quantitative estimate of drug-likeness (QED) is 0.443. The van der Waals surface area contributed by atoms with Gasteiger partial charge in [0, 0.05) is 24.8 Å². The molecule has 2 nitrogen and oxygen atoms in total. The van der Waals surface area contributed by atoms with Crippen LogP contribution in [0, 0.1) is 0 Å². The maximum atomic E-state index is 3.82. The van der Waals surface area contributed by atoms with Crippen LogP contribution < -0.4 is 0 Å². The number of rotatable bonds is 0. The molecule has 0 fully saturated rings. The average Bonchev–Trinajstić information content (AvgIpc) is 1.62. The first kappa shape index (κ1) is 4.97. The third-order valence-corrected chi connectivity index (χ3v) is 0.694. The standard InChI is InChI=1S/C6H6N2/c1-2-4-8-6-5-7-3-1/h1-6H/b2-1?,3-1-,4-2-,6-5?,7-3?,7-5?,8-4?,8-6?. The lowest BCUT2D eigenvalue weighted by atomic mass is 10.5. The molecular formula is C6H6N2. The van der Waals surface area contributed by atoms with Crippen molar-refractivity contribution in [2.75, 3.05) is 0 Å². The Morgan fingerprint density at radius 1 is 0.750 bits per heavy atom. The lowest BCUT2D eigenvalue weighted by Gasteiger charge is -1.77. The molecule has 1 aliphatic rings. The van der Waals surface area contributed by atoms with E-state index in [9.17, 15) is 0 Å². The molecule has 8 heavy (non-hydrogen) atoms. The highest BCUT2D eigenvalue weighted by molar-refractivity contribution is 6.16. The van der Waals surface area contributed by atoms with Crippen LogP contribution in [0.2, 0.25) is 0 Å². The Balaban J connectivity index is 2.67. The van der Waals surface area contributed by atoms with Crippen molar-refractivity contribution in [3.63, 3.8) is 0 Å². The Morgan fingerprint density at radius 2 is 1.25 bits per heavy atom. The number of nitrogens with zero attached hydrogens (tertiary/aromatic N) is 2. The molecule has 2 heteroatoms. The Bertz CT molecular complexity index is 107. The van der Waals surface area contributed by atoms with Crippen LogP contribution in [0.25, 0.3) is 0 Å². The van der Waals surface area contributed by atoms with Gasteiger partial charge < -0.3 is 0 Å². The van der Waals surface area contributed by atoms with Gasteiger partial charge in [-0.15, -0.1) is 0 Å². The second kappa shape index (κ2) is 2.91. The van der Waals surface area contributed by atoms with Crippen LogP contribution in [-0.4, -0.2) is 12.4 Å². The molecule has 0 saturated heterocycles. The van der Waals surface area contributed by atoms with E-state index in [1.165, 1.54) is 0 Å². The summed E-state index contributed by atoms with van der Waals surface area (Å²) in [4.78, 5) is 7.65. The topological polar surface area (TPSA) is 24.7 Å². The summed E-state index contributed by atoms with van der Waals surface area (Å²) in [6.07, 6.45) is 10.4. The molecule has 1 aliphatic heterocycles. The Morgan fingerprint density at radius 3 is 1.75 bits per heavy atom. The van der Waals surface area contributed by atoms with Crippen LogP contribution >= 0.6 is 0 Å². The van der Waals surface area contributed by atoms with E-state index in [2.05, 4.69) is 9.98 Å². The zero-order valence-corrected chi connectivity index (χ0v) is 4.36. The Labute approximate surface area is 48.0 Å². The highest BCUT2D eigenvalue weighted by Gasteiger charge is 1.66. The highest BCUT2D eigenvalue weighted by atomic mass is 14.7. The second-order valence-electron chi connectivity index (χ2n) is 1.28. The van der Waals surface area contributed by atoms with Crippen LogP contribution in [0.1, 0.15) is 0 Å². The molecule has 0 saturated carbocycles. The molecule has 0 aromatic rings. The van der Waals surface area contributed by atoms with E-state index in [0.29, 0.717) is 0 Å². The summed E-state index contributed by atoms with van der Waals surface area (Å²) in [5.74, 6) is 0. The molecular weight excluding hydrogens is 100 g/mol. The van der Waals surface area contributed by atoms with Crippen molar-refractivity contribution >= 4 is 12.4 Å². The fraction of sp³-hybridized carbons (Fsp3) is 0. The van der Waals surface area contributed by atoms with Gasteiger partial charge in [0.05, 0.1) is 0 Å². The zero-order valence-electron chi connectivity index (χ0n) is 4.36. The van der Waals surface area contributed by atoms with Crippen molar-refractivity contribution in [3.8, 4) is 0 Å². The van der Waals surface area contributed by atoms with Crippen LogP contribution in [0.3, 0.4) is 0 Å². The highest BCUT2D eigenvalue weighted by Crippen LogP contribution is 1.80. The number of aliphatic imine (C=N–C) groups is 2. The zero-order chi connectivity index (χ0) is 5.66. The molecule has 0 aliphatic carbocycles. The molecule has 0 bridgehead atoms. The summed E-state index contributed by atoms with van der Waals surface area (Å²) in [6, 6.07) is 0. The largest absolute Gasteiger partial charge is 0.263 e. The van der Waals surface area contributed by atoms with Crippen LogP contribution in [0.4, 0.5) is 0 Å². The minimum absolute atomic E-state index is 1.64. The minimum Gasteiger partial charge on any atom is -0.263 e. The van der Waals surface area contributed by atoms with Crippen molar-refractivity contribution < 1.29 is 0 Å². The van der Waals surface area contributed by atoms with Gasteiger partial charge in [0.2, 0.25) is 0 Å². The number of hydrogen-bond donors (Lipinski definition) is 0. The lowest BCUT2D eigenvalue weighted by Crippen LogP contribution is -1.72. The van der Waals surface area contributed by atoms with Crippen molar-refractivity contribution in [1.29, 1.82) is 0 Å². The molecule has 0 aromatic carbocycles. The first-order valence-corrected chi connectivity index (χ1v) is 2.37. The van der Waals surface area contributed by atoms with Gasteiger partial charge in [-0.05, 0) is 12.2 Å². The monoisotopic (exact) mass is 106 g/mol. The molecule has 0 unspecified atom stereocenters. The predicted octanol–water partition coefficient (Wildman–Crippen LogP) is 1.17. The molecule has 40 valence electrons. The minimum atomic E-state index is 1.64. The molecule has 0 N–H and O–H groups in total. The van der Waals surface area contributed by atoms with E-state index in [4.69, 9.17) is 0 Å². The van der Waals surface area contributed by atoms with Gasteiger partial charge in [0.25, 0.3) is 0 Å². The molecule has 0 amide bonds. The van der Waals surface area contributed by atoms with Crippen LogP contribution in [0.15, 0.2) is 34.5 Å². The van der Waals surface area contributed by atoms with E-state index in [1.807, 2.05) is 12.2 Å². The van der Waals surface area contributed by atoms with E-state index in [-0.39, 0.29) is 0 Å². The van der Waals surface area contributed by atoms with E-state index in [0.717, 1.165) is 0 Å². The van der Waals surface area contributed by atoms with Crippen molar-refractivity contribution in [1.82, 2.24) is 0 Å². The maximum Gasteiger partial charge on any atom is 0.0450 e. The van der Waals surface area contributed by atoms with E-state index < -0.39 is 0 Å². The fourth-order valence-corrected chi connectivity index (χ4v) is 0.375. The average molecular weight is 106 g/mol. The smallest absolute Gasteiger partial charge is 0.0450 e.